The standard InChI is InChI=1S/C13H15F2NO/c1-8-5-6-9(14)11(12(8)15)13(16)7-3-2-4-10(13)17/h5-6H,2-4,7,16H2,1H3. The Morgan fingerprint density at radius 3 is 2.65 bits per heavy atom. The highest BCUT2D eigenvalue weighted by Gasteiger charge is 2.41. The largest absolute Gasteiger partial charge is 0.315 e. The molecule has 1 aliphatic rings. The molecular weight excluding hydrogens is 224 g/mol. The lowest BCUT2D eigenvalue weighted by molar-refractivity contribution is -0.126. The van der Waals surface area contributed by atoms with Gasteiger partial charge < -0.3 is 5.73 Å². The summed E-state index contributed by atoms with van der Waals surface area (Å²) >= 11 is 0. The van der Waals surface area contributed by atoms with Crippen LogP contribution in [-0.4, -0.2) is 5.78 Å². The van der Waals surface area contributed by atoms with Crippen LogP contribution in [0.15, 0.2) is 12.1 Å². The Kier molecular flexibility index (Phi) is 3.00. The Hall–Kier alpha value is -1.29. The lowest BCUT2D eigenvalue weighted by Crippen LogP contribution is -2.48. The van der Waals surface area contributed by atoms with Crippen LogP contribution in [-0.2, 0) is 10.3 Å². The van der Waals surface area contributed by atoms with Crippen molar-refractivity contribution in [2.75, 3.05) is 0 Å². The number of rotatable bonds is 1. The number of ketones is 1. The maximum absolute atomic E-state index is 14.0. The van der Waals surface area contributed by atoms with Crippen molar-refractivity contribution in [2.45, 2.75) is 38.1 Å². The number of carbonyl (C=O) groups excluding carboxylic acids is 1. The maximum Gasteiger partial charge on any atom is 0.157 e. The molecule has 0 aliphatic heterocycles. The van der Waals surface area contributed by atoms with Gasteiger partial charge in [-0.25, -0.2) is 8.78 Å². The first kappa shape index (κ1) is 12.2. The summed E-state index contributed by atoms with van der Waals surface area (Å²) in [5, 5.41) is 0. The first-order chi connectivity index (χ1) is 7.97. The molecule has 2 rings (SSSR count). The van der Waals surface area contributed by atoms with Gasteiger partial charge in [-0.2, -0.15) is 0 Å². The van der Waals surface area contributed by atoms with Crippen molar-refractivity contribution in [3.63, 3.8) is 0 Å². The van der Waals surface area contributed by atoms with E-state index in [9.17, 15) is 13.6 Å². The number of hydrogen-bond donors (Lipinski definition) is 1. The minimum atomic E-state index is -1.49. The number of aryl methyl sites for hydroxylation is 1. The summed E-state index contributed by atoms with van der Waals surface area (Å²) < 4.78 is 27.8. The molecule has 0 amide bonds. The number of hydrogen-bond acceptors (Lipinski definition) is 2. The number of Topliss-reactive ketones (excluding diaryl/α,β-unsaturated/α-hetero) is 1. The molecule has 2 N–H and O–H groups in total. The summed E-state index contributed by atoms with van der Waals surface area (Å²) in [4.78, 5) is 11.9. The summed E-state index contributed by atoms with van der Waals surface area (Å²) in [6.07, 6.45) is 2.06. The van der Waals surface area contributed by atoms with Gasteiger partial charge in [0.1, 0.15) is 17.2 Å². The van der Waals surface area contributed by atoms with E-state index in [2.05, 4.69) is 0 Å². The minimum Gasteiger partial charge on any atom is -0.315 e. The lowest BCUT2D eigenvalue weighted by Gasteiger charge is -2.33. The highest BCUT2D eigenvalue weighted by atomic mass is 19.1. The van der Waals surface area contributed by atoms with Crippen molar-refractivity contribution in [2.24, 2.45) is 5.73 Å². The second-order valence-corrected chi connectivity index (χ2v) is 4.65. The summed E-state index contributed by atoms with van der Waals surface area (Å²) in [5.74, 6) is -1.69. The fraction of sp³-hybridized carbons (Fsp3) is 0.462. The van der Waals surface area contributed by atoms with Gasteiger partial charge in [-0.05, 0) is 31.4 Å². The minimum absolute atomic E-state index is 0.262. The summed E-state index contributed by atoms with van der Waals surface area (Å²) in [6, 6.07) is 2.52. The van der Waals surface area contributed by atoms with Crippen LogP contribution in [0.25, 0.3) is 0 Å². The van der Waals surface area contributed by atoms with Gasteiger partial charge in [0.05, 0.1) is 5.56 Å². The van der Waals surface area contributed by atoms with Crippen LogP contribution in [0.4, 0.5) is 8.78 Å². The van der Waals surface area contributed by atoms with Crippen molar-refractivity contribution in [3.8, 4) is 0 Å². The average Bonchev–Trinajstić information content (AvgIpc) is 2.28. The van der Waals surface area contributed by atoms with Gasteiger partial charge in [0.25, 0.3) is 0 Å². The fourth-order valence-corrected chi connectivity index (χ4v) is 2.38. The van der Waals surface area contributed by atoms with Crippen LogP contribution < -0.4 is 5.73 Å². The lowest BCUT2D eigenvalue weighted by atomic mass is 9.75. The molecule has 0 heterocycles. The quantitative estimate of drug-likeness (QED) is 0.818. The zero-order valence-corrected chi connectivity index (χ0v) is 9.72. The number of nitrogens with two attached hydrogens (primary N) is 1. The molecule has 1 aliphatic carbocycles. The molecule has 1 aromatic rings. The average molecular weight is 239 g/mol. The molecule has 1 unspecified atom stereocenters. The van der Waals surface area contributed by atoms with Crippen molar-refractivity contribution in [1.29, 1.82) is 0 Å². The van der Waals surface area contributed by atoms with Crippen LogP contribution in [0.2, 0.25) is 0 Å². The van der Waals surface area contributed by atoms with Gasteiger partial charge in [0.2, 0.25) is 0 Å². The van der Waals surface area contributed by atoms with Crippen LogP contribution in [0, 0.1) is 18.6 Å². The molecule has 17 heavy (non-hydrogen) atoms. The van der Waals surface area contributed by atoms with Gasteiger partial charge in [-0.3, -0.25) is 4.79 Å². The van der Waals surface area contributed by atoms with Gasteiger partial charge in [-0.15, -0.1) is 0 Å². The Morgan fingerprint density at radius 2 is 2.00 bits per heavy atom. The first-order valence-electron chi connectivity index (χ1n) is 5.74. The SMILES string of the molecule is Cc1ccc(F)c(C2(N)CCCCC2=O)c1F. The van der Waals surface area contributed by atoms with Crippen molar-refractivity contribution in [3.05, 3.63) is 34.9 Å². The molecule has 0 saturated heterocycles. The van der Waals surface area contributed by atoms with E-state index in [4.69, 9.17) is 5.73 Å². The van der Waals surface area contributed by atoms with E-state index in [0.717, 1.165) is 12.8 Å². The first-order valence-corrected chi connectivity index (χ1v) is 5.74. The van der Waals surface area contributed by atoms with Gasteiger partial charge in [-0.1, -0.05) is 12.5 Å². The predicted octanol–water partition coefficient (Wildman–Crippen LogP) is 2.57. The number of benzene rings is 1. The zero-order chi connectivity index (χ0) is 12.6. The molecule has 0 radical (unpaired) electrons. The van der Waals surface area contributed by atoms with Crippen molar-refractivity contribution >= 4 is 5.78 Å². The molecule has 92 valence electrons. The molecule has 0 bridgehead atoms. The smallest absolute Gasteiger partial charge is 0.157 e. The van der Waals surface area contributed by atoms with Gasteiger partial charge in [0, 0.05) is 6.42 Å². The van der Waals surface area contributed by atoms with E-state index >= 15 is 0 Å². The van der Waals surface area contributed by atoms with Crippen molar-refractivity contribution in [1.82, 2.24) is 0 Å². The van der Waals surface area contributed by atoms with Crippen LogP contribution in [0.3, 0.4) is 0 Å². The van der Waals surface area contributed by atoms with Crippen LogP contribution in [0.1, 0.15) is 36.8 Å². The third kappa shape index (κ3) is 1.86. The zero-order valence-electron chi connectivity index (χ0n) is 9.72. The van der Waals surface area contributed by atoms with Crippen LogP contribution >= 0.6 is 0 Å². The van der Waals surface area contributed by atoms with Crippen LogP contribution in [0.5, 0.6) is 0 Å². The van der Waals surface area contributed by atoms with Crippen molar-refractivity contribution < 1.29 is 13.6 Å². The fourth-order valence-electron chi connectivity index (χ4n) is 2.38. The maximum atomic E-state index is 14.0. The molecule has 1 atom stereocenters. The monoisotopic (exact) mass is 239 g/mol. The predicted molar refractivity (Wildman–Crippen MR) is 60.4 cm³/mol. The molecule has 0 spiro atoms. The molecular formula is C13H15F2NO. The highest BCUT2D eigenvalue weighted by molar-refractivity contribution is 5.90. The molecule has 4 heteroatoms. The summed E-state index contributed by atoms with van der Waals surface area (Å²) in [6.45, 7) is 1.54. The topological polar surface area (TPSA) is 43.1 Å². The van der Waals surface area contributed by atoms with Gasteiger partial charge in [0.15, 0.2) is 5.78 Å². The Morgan fingerprint density at radius 1 is 1.29 bits per heavy atom. The normalized spacial score (nSPS) is 25.1. The Bertz CT molecular complexity index is 473. The third-order valence-corrected chi connectivity index (χ3v) is 3.45. The van der Waals surface area contributed by atoms with E-state index in [1.165, 1.54) is 19.1 Å². The van der Waals surface area contributed by atoms with Gasteiger partial charge >= 0.3 is 0 Å². The van der Waals surface area contributed by atoms with E-state index in [1.54, 1.807) is 0 Å². The number of halogens is 2. The highest BCUT2D eigenvalue weighted by Crippen LogP contribution is 2.35. The second-order valence-electron chi connectivity index (χ2n) is 4.65. The van der Waals surface area contributed by atoms with E-state index in [0.29, 0.717) is 18.4 Å². The molecule has 1 saturated carbocycles. The number of carbonyl (C=O) groups is 1. The Balaban J connectivity index is 2.59. The van der Waals surface area contributed by atoms with E-state index in [-0.39, 0.29) is 11.3 Å². The Labute approximate surface area is 98.8 Å². The molecule has 2 nitrogen and oxygen atoms in total. The van der Waals surface area contributed by atoms with E-state index < -0.39 is 17.2 Å². The summed E-state index contributed by atoms with van der Waals surface area (Å²) in [7, 11) is 0. The third-order valence-electron chi connectivity index (χ3n) is 3.45. The second kappa shape index (κ2) is 4.18. The summed E-state index contributed by atoms with van der Waals surface area (Å²) in [5.41, 5.74) is 4.53. The molecule has 1 fully saturated rings. The molecule has 1 aromatic carbocycles. The van der Waals surface area contributed by atoms with E-state index in [1.807, 2.05) is 0 Å². The molecule has 0 aromatic heterocycles.